The van der Waals surface area contributed by atoms with E-state index in [9.17, 15) is 0 Å². The van der Waals surface area contributed by atoms with E-state index in [-0.39, 0.29) is 16.2 Å². The van der Waals surface area contributed by atoms with E-state index in [1.54, 1.807) is 0 Å². The number of nitrogens with zero attached hydrogens (tertiary/aromatic N) is 4. The van der Waals surface area contributed by atoms with Crippen LogP contribution in [-0.2, 0) is 16.2 Å². The van der Waals surface area contributed by atoms with Crippen LogP contribution in [0, 0.1) is 0 Å². The molecule has 1 aliphatic rings. The van der Waals surface area contributed by atoms with Gasteiger partial charge >= 0.3 is 0 Å². The number of ether oxygens (including phenoxy) is 1. The lowest BCUT2D eigenvalue weighted by Crippen LogP contribution is -2.26. The maximum absolute atomic E-state index is 7.09. The lowest BCUT2D eigenvalue weighted by atomic mass is 9.81. The van der Waals surface area contributed by atoms with Gasteiger partial charge in [0.2, 0.25) is 0 Å². The van der Waals surface area contributed by atoms with E-state index in [1.165, 1.54) is 22.3 Å². The van der Waals surface area contributed by atoms with Crippen LogP contribution in [0.25, 0.3) is 66.4 Å². The Kier molecular flexibility index (Phi) is 10.2. The van der Waals surface area contributed by atoms with Gasteiger partial charge in [0.1, 0.15) is 17.2 Å². The van der Waals surface area contributed by atoms with Crippen molar-refractivity contribution in [2.75, 3.05) is 16.5 Å². The fourth-order valence-corrected chi connectivity index (χ4v) is 9.82. The van der Waals surface area contributed by atoms with E-state index in [0.717, 1.165) is 72.2 Å². The molecule has 4 heterocycles. The van der Waals surface area contributed by atoms with Crippen molar-refractivity contribution in [3.63, 3.8) is 0 Å². The van der Waals surface area contributed by atoms with E-state index in [0.29, 0.717) is 23.8 Å². The first-order valence-corrected chi connectivity index (χ1v) is 23.8. The molecule has 3 aromatic heterocycles. The van der Waals surface area contributed by atoms with Gasteiger partial charge in [-0.25, -0.2) is 4.98 Å². The molecule has 1 aliphatic heterocycles. The van der Waals surface area contributed by atoms with Gasteiger partial charge in [-0.3, -0.25) is 4.57 Å². The number of pyridine rings is 1. The summed E-state index contributed by atoms with van der Waals surface area (Å²) < 4.78 is 16.0. The maximum Gasteiger partial charge on any atom is 0.178 e. The molecule has 6 nitrogen and oxygen atoms in total. The third kappa shape index (κ3) is 7.68. The molecule has 11 rings (SSSR count). The summed E-state index contributed by atoms with van der Waals surface area (Å²) in [5.74, 6) is 2.21. The quantitative estimate of drug-likeness (QED) is 0.160. The molecule has 0 spiro atoms. The van der Waals surface area contributed by atoms with E-state index in [4.69, 9.17) is 14.1 Å². The molecule has 10 aromatic rings. The third-order valence-corrected chi connectivity index (χ3v) is 13.6. The second-order valence-corrected chi connectivity index (χ2v) is 21.4. The lowest BCUT2D eigenvalue weighted by Gasteiger charge is -2.27. The smallest absolute Gasteiger partial charge is 0.178 e. The number of rotatable bonds is 7. The Bertz CT molecular complexity index is 3570. The van der Waals surface area contributed by atoms with E-state index in [2.05, 4.69) is 241 Å². The summed E-state index contributed by atoms with van der Waals surface area (Å²) in [7, 11) is 0. The largest absolute Gasteiger partial charge is 0.453 e. The zero-order valence-corrected chi connectivity index (χ0v) is 40.6. The van der Waals surface area contributed by atoms with Gasteiger partial charge < -0.3 is 19.0 Å². The van der Waals surface area contributed by atoms with Gasteiger partial charge in [0.15, 0.2) is 11.3 Å². The highest BCUT2D eigenvalue weighted by molar-refractivity contribution is 6.10. The first kappa shape index (κ1) is 43.0. The molecule has 68 heavy (non-hydrogen) atoms. The SMILES string of the molecule is CC(C)(C)c1ccc(-c2cnc(-n3c4ccccc4c4ccc(Oc5cc(N6C=C(c7ccccc7)N(c7cccc(C(C)(C)C)c7)C6)cc6c5oc5ccccc56)cc43)cc2C(C)(C)C)cc1. The number of para-hydroxylation sites is 2. The Morgan fingerprint density at radius 2 is 1.24 bits per heavy atom. The van der Waals surface area contributed by atoms with Gasteiger partial charge in [0.25, 0.3) is 0 Å². The molecule has 0 saturated carbocycles. The molecular formula is C62H58N4O2. The van der Waals surface area contributed by atoms with E-state index >= 15 is 0 Å². The number of hydrogen-bond acceptors (Lipinski definition) is 5. The van der Waals surface area contributed by atoms with Gasteiger partial charge in [0, 0.05) is 63.0 Å². The zero-order valence-electron chi connectivity index (χ0n) is 40.6. The van der Waals surface area contributed by atoms with Gasteiger partial charge in [-0.2, -0.15) is 0 Å². The summed E-state index contributed by atoms with van der Waals surface area (Å²) in [5, 5.41) is 4.32. The van der Waals surface area contributed by atoms with E-state index < -0.39 is 0 Å². The lowest BCUT2D eigenvalue weighted by molar-refractivity contribution is 0.477. The molecule has 0 atom stereocenters. The van der Waals surface area contributed by atoms with Crippen molar-refractivity contribution in [1.29, 1.82) is 0 Å². The fraction of sp³-hybridized carbons (Fsp3) is 0.210. The van der Waals surface area contributed by atoms with Crippen molar-refractivity contribution in [1.82, 2.24) is 9.55 Å². The van der Waals surface area contributed by atoms with Gasteiger partial charge in [-0.1, -0.05) is 165 Å². The second kappa shape index (κ2) is 16.1. The summed E-state index contributed by atoms with van der Waals surface area (Å²) in [6, 6.07) is 58.5. The standard InChI is InChI=1S/C62H58N4O2/c1-60(2,3)42-28-26-40(27-29-42)51-37-63-58(36-52(51)62(7,8)9)66-53-24-15-13-22-47(53)48-31-30-46(35-54(48)66)67-57-34-45(33-50-49-23-14-16-25-56(49)68-59(50)57)64-38-55(41-18-11-10-12-19-41)65(39-64)44-21-17-20-43(32-44)61(4,5)6/h10-38H,39H2,1-9H3. The van der Waals surface area contributed by atoms with Crippen LogP contribution >= 0.6 is 0 Å². The van der Waals surface area contributed by atoms with Crippen LogP contribution in [0.2, 0.25) is 0 Å². The fourth-order valence-electron chi connectivity index (χ4n) is 9.82. The van der Waals surface area contributed by atoms with Gasteiger partial charge in [-0.15, -0.1) is 0 Å². The van der Waals surface area contributed by atoms with Crippen LogP contribution in [0.1, 0.15) is 84.6 Å². The number of furan rings is 1. The van der Waals surface area contributed by atoms with Gasteiger partial charge in [-0.05, 0) is 92.6 Å². The van der Waals surface area contributed by atoms with Crippen LogP contribution < -0.4 is 14.5 Å². The van der Waals surface area contributed by atoms with Crippen molar-refractivity contribution in [2.24, 2.45) is 0 Å². The zero-order chi connectivity index (χ0) is 47.1. The molecule has 0 amide bonds. The molecule has 0 radical (unpaired) electrons. The normalized spacial score (nSPS) is 13.6. The molecular weight excluding hydrogens is 833 g/mol. The molecule has 0 unspecified atom stereocenters. The minimum atomic E-state index is -0.147. The highest BCUT2D eigenvalue weighted by atomic mass is 16.5. The average molecular weight is 891 g/mol. The first-order valence-electron chi connectivity index (χ1n) is 23.8. The number of fused-ring (bicyclic) bond motifs is 6. The summed E-state index contributed by atoms with van der Waals surface area (Å²) in [5.41, 5.74) is 14.2. The van der Waals surface area contributed by atoms with Crippen molar-refractivity contribution >= 4 is 60.8 Å². The first-order chi connectivity index (χ1) is 32.6. The Balaban J connectivity index is 1.03. The number of aromatic nitrogens is 2. The molecule has 338 valence electrons. The molecule has 6 heteroatoms. The monoisotopic (exact) mass is 890 g/mol. The highest BCUT2D eigenvalue weighted by Crippen LogP contribution is 2.45. The number of anilines is 2. The summed E-state index contributed by atoms with van der Waals surface area (Å²) >= 11 is 0. The predicted molar refractivity (Wildman–Crippen MR) is 285 cm³/mol. The highest BCUT2D eigenvalue weighted by Gasteiger charge is 2.28. The van der Waals surface area contributed by atoms with Crippen LogP contribution in [0.4, 0.5) is 11.4 Å². The van der Waals surface area contributed by atoms with Crippen LogP contribution in [-0.4, -0.2) is 16.2 Å². The average Bonchev–Trinajstić information content (AvgIpc) is 4.04. The van der Waals surface area contributed by atoms with Crippen molar-refractivity contribution in [2.45, 2.75) is 78.6 Å². The Morgan fingerprint density at radius 3 is 1.99 bits per heavy atom. The predicted octanol–water partition coefficient (Wildman–Crippen LogP) is 16.7. The topological polar surface area (TPSA) is 46.7 Å². The molecule has 7 aromatic carbocycles. The third-order valence-electron chi connectivity index (χ3n) is 13.6. The van der Waals surface area contributed by atoms with Gasteiger partial charge in [0.05, 0.1) is 23.4 Å². The second-order valence-electron chi connectivity index (χ2n) is 21.4. The molecule has 0 N–H and O–H groups in total. The molecule has 0 fully saturated rings. The summed E-state index contributed by atoms with van der Waals surface area (Å²) in [6.07, 6.45) is 4.33. The Labute approximate surface area is 399 Å². The minimum absolute atomic E-state index is 0.0128. The maximum atomic E-state index is 7.09. The Hall–Kier alpha value is -7.57. The number of hydrogen-bond donors (Lipinski definition) is 0. The van der Waals surface area contributed by atoms with Crippen molar-refractivity contribution in [3.8, 4) is 28.4 Å². The molecule has 0 aliphatic carbocycles. The summed E-state index contributed by atoms with van der Waals surface area (Å²) in [6.45, 7) is 21.0. The van der Waals surface area contributed by atoms with Crippen LogP contribution in [0.15, 0.2) is 181 Å². The van der Waals surface area contributed by atoms with Crippen LogP contribution in [0.3, 0.4) is 0 Å². The molecule has 0 saturated heterocycles. The number of benzene rings is 7. The van der Waals surface area contributed by atoms with Crippen molar-refractivity contribution in [3.05, 3.63) is 198 Å². The van der Waals surface area contributed by atoms with Crippen molar-refractivity contribution < 1.29 is 9.15 Å². The summed E-state index contributed by atoms with van der Waals surface area (Å²) in [4.78, 5) is 9.97. The molecule has 0 bridgehead atoms. The minimum Gasteiger partial charge on any atom is -0.453 e. The Morgan fingerprint density at radius 1 is 0.529 bits per heavy atom. The van der Waals surface area contributed by atoms with Crippen LogP contribution in [0.5, 0.6) is 11.5 Å². The van der Waals surface area contributed by atoms with E-state index in [1.807, 2.05) is 12.1 Å².